The summed E-state index contributed by atoms with van der Waals surface area (Å²) in [5, 5.41) is 41.0. The number of carbonyl (C=O) groups is 4. The number of fused-ring (bicyclic) bond motifs is 2. The molecular formula is C18H12N2O8. The summed E-state index contributed by atoms with van der Waals surface area (Å²) in [6.07, 6.45) is 0. The zero-order valence-electron chi connectivity index (χ0n) is 14.5. The maximum Gasteiger partial charge on any atom is 0.299 e. The van der Waals surface area contributed by atoms with Crippen LogP contribution in [0.15, 0.2) is 12.1 Å². The number of benzene rings is 2. The molecule has 0 atom stereocenters. The van der Waals surface area contributed by atoms with Gasteiger partial charge in [0.15, 0.2) is 23.0 Å². The lowest BCUT2D eigenvalue weighted by molar-refractivity contribution is -0.114. The monoisotopic (exact) mass is 384 g/mol. The van der Waals surface area contributed by atoms with Crippen LogP contribution in [0, 0.1) is 0 Å². The number of phenols is 4. The third-order valence-corrected chi connectivity index (χ3v) is 4.94. The third kappa shape index (κ3) is 1.85. The minimum Gasteiger partial charge on any atom is -0.504 e. The van der Waals surface area contributed by atoms with Gasteiger partial charge in [0.2, 0.25) is 0 Å². The topological polar surface area (TPSA) is 156 Å². The molecule has 2 aliphatic heterocycles. The second-order valence-corrected chi connectivity index (χ2v) is 6.41. The van der Waals surface area contributed by atoms with Gasteiger partial charge in [-0.2, -0.15) is 0 Å². The molecule has 28 heavy (non-hydrogen) atoms. The summed E-state index contributed by atoms with van der Waals surface area (Å²) in [5.41, 5.74) is -1.94. The minimum absolute atomic E-state index is 0.0677. The molecule has 10 nitrogen and oxygen atoms in total. The molecule has 0 aliphatic carbocycles. The van der Waals surface area contributed by atoms with Gasteiger partial charge in [-0.1, -0.05) is 0 Å². The van der Waals surface area contributed by atoms with Gasteiger partial charge in [0.05, 0.1) is 22.5 Å². The lowest BCUT2D eigenvalue weighted by Crippen LogP contribution is -2.24. The van der Waals surface area contributed by atoms with Gasteiger partial charge < -0.3 is 30.2 Å². The molecule has 2 aromatic carbocycles. The second-order valence-electron chi connectivity index (χ2n) is 6.41. The first-order chi connectivity index (χ1) is 13.1. The SMILES string of the molecule is CN1C(=O)C(=O)c2c1cc(O)c(O)c2-c1c(O)c(O)cc2c1C(=O)C(=O)N2C. The Hall–Kier alpha value is -4.08. The number of aromatic hydroxyl groups is 4. The van der Waals surface area contributed by atoms with Crippen molar-refractivity contribution in [3.8, 4) is 34.1 Å². The number of rotatable bonds is 1. The van der Waals surface area contributed by atoms with Crippen LogP contribution in [-0.4, -0.2) is 57.9 Å². The molecule has 2 heterocycles. The summed E-state index contributed by atoms with van der Waals surface area (Å²) in [5.74, 6) is -7.28. The quantitative estimate of drug-likeness (QED) is 0.409. The molecule has 142 valence electrons. The van der Waals surface area contributed by atoms with Crippen molar-refractivity contribution >= 4 is 34.8 Å². The van der Waals surface area contributed by atoms with Crippen molar-refractivity contribution in [1.82, 2.24) is 0 Å². The number of nitrogens with zero attached hydrogens (tertiary/aromatic N) is 2. The highest BCUT2D eigenvalue weighted by Crippen LogP contribution is 2.54. The van der Waals surface area contributed by atoms with Gasteiger partial charge in [0.25, 0.3) is 23.4 Å². The number of hydrogen-bond donors (Lipinski definition) is 4. The van der Waals surface area contributed by atoms with Crippen molar-refractivity contribution in [1.29, 1.82) is 0 Å². The van der Waals surface area contributed by atoms with Gasteiger partial charge in [0.1, 0.15) is 0 Å². The van der Waals surface area contributed by atoms with Gasteiger partial charge in [-0.15, -0.1) is 0 Å². The molecule has 0 saturated carbocycles. The van der Waals surface area contributed by atoms with Crippen LogP contribution in [0.2, 0.25) is 0 Å². The number of phenolic OH excluding ortho intramolecular Hbond substituents is 4. The van der Waals surface area contributed by atoms with Crippen LogP contribution < -0.4 is 9.80 Å². The van der Waals surface area contributed by atoms with E-state index in [1.54, 1.807) is 0 Å². The average molecular weight is 384 g/mol. The van der Waals surface area contributed by atoms with E-state index in [4.69, 9.17) is 0 Å². The molecule has 2 aromatic rings. The van der Waals surface area contributed by atoms with Gasteiger partial charge in [0, 0.05) is 37.4 Å². The molecule has 10 heteroatoms. The predicted octanol–water partition coefficient (Wildman–Crippen LogP) is 0.494. The summed E-state index contributed by atoms with van der Waals surface area (Å²) in [7, 11) is 2.53. The van der Waals surface area contributed by atoms with Crippen molar-refractivity contribution in [3.05, 3.63) is 23.3 Å². The Labute approximate surface area is 156 Å². The molecule has 0 radical (unpaired) electrons. The maximum atomic E-state index is 12.5. The van der Waals surface area contributed by atoms with E-state index >= 15 is 0 Å². The zero-order chi connectivity index (χ0) is 20.7. The maximum absolute atomic E-state index is 12.5. The summed E-state index contributed by atoms with van der Waals surface area (Å²) in [6, 6.07) is 1.96. The molecule has 0 bridgehead atoms. The van der Waals surface area contributed by atoms with E-state index in [0.29, 0.717) is 0 Å². The molecule has 2 aliphatic rings. The van der Waals surface area contributed by atoms with Crippen LogP contribution >= 0.6 is 0 Å². The van der Waals surface area contributed by atoms with E-state index in [1.165, 1.54) is 14.1 Å². The molecule has 0 unspecified atom stereocenters. The molecule has 0 fully saturated rings. The first-order valence-corrected chi connectivity index (χ1v) is 7.90. The fourth-order valence-electron chi connectivity index (χ4n) is 3.50. The van der Waals surface area contributed by atoms with Gasteiger partial charge in [-0.25, -0.2) is 0 Å². The van der Waals surface area contributed by atoms with Crippen molar-refractivity contribution in [2.45, 2.75) is 0 Å². The van der Waals surface area contributed by atoms with Crippen molar-refractivity contribution in [3.63, 3.8) is 0 Å². The summed E-state index contributed by atoms with van der Waals surface area (Å²) < 4.78 is 0. The van der Waals surface area contributed by atoms with Crippen LogP contribution in [0.25, 0.3) is 11.1 Å². The van der Waals surface area contributed by atoms with E-state index < -0.39 is 57.5 Å². The largest absolute Gasteiger partial charge is 0.504 e. The average Bonchev–Trinajstić information content (AvgIpc) is 2.99. The Morgan fingerprint density at radius 2 is 0.929 bits per heavy atom. The fraction of sp³-hybridized carbons (Fsp3) is 0.111. The van der Waals surface area contributed by atoms with Crippen LogP contribution in [0.4, 0.5) is 11.4 Å². The molecule has 0 spiro atoms. The molecule has 2 amide bonds. The highest BCUT2D eigenvalue weighted by atomic mass is 16.3. The van der Waals surface area contributed by atoms with Gasteiger partial charge in [-0.3, -0.25) is 19.2 Å². The smallest absolute Gasteiger partial charge is 0.299 e. The van der Waals surface area contributed by atoms with E-state index in [0.717, 1.165) is 21.9 Å². The molecule has 4 N–H and O–H groups in total. The number of amides is 2. The Morgan fingerprint density at radius 1 is 0.607 bits per heavy atom. The highest BCUT2D eigenvalue weighted by molar-refractivity contribution is 6.55. The lowest BCUT2D eigenvalue weighted by Gasteiger charge is -2.18. The van der Waals surface area contributed by atoms with Gasteiger partial charge in [-0.05, 0) is 0 Å². The van der Waals surface area contributed by atoms with Crippen molar-refractivity contribution < 1.29 is 39.6 Å². The Morgan fingerprint density at radius 3 is 1.25 bits per heavy atom. The number of hydrogen-bond acceptors (Lipinski definition) is 8. The standard InChI is InChI=1S/C18H12N2O8/c1-19-5-3-7(21)13(23)11(9(5)15(25)17(19)27)12-10-6(4-8(22)14(12)24)20(2)18(28)16(10)26/h3-4,21-24H,1-2H3. The Balaban J connectivity index is 2.21. The number of ketones is 2. The molecular weight excluding hydrogens is 372 g/mol. The summed E-state index contributed by atoms with van der Waals surface area (Å²) in [6.45, 7) is 0. The molecule has 0 saturated heterocycles. The van der Waals surface area contributed by atoms with Crippen LogP contribution in [0.3, 0.4) is 0 Å². The van der Waals surface area contributed by atoms with E-state index in [1.807, 2.05) is 0 Å². The normalized spacial score (nSPS) is 15.5. The zero-order valence-corrected chi connectivity index (χ0v) is 14.5. The van der Waals surface area contributed by atoms with Crippen molar-refractivity contribution in [2.24, 2.45) is 0 Å². The van der Waals surface area contributed by atoms with Gasteiger partial charge >= 0.3 is 0 Å². The first-order valence-electron chi connectivity index (χ1n) is 7.90. The van der Waals surface area contributed by atoms with Crippen molar-refractivity contribution in [2.75, 3.05) is 23.9 Å². The first kappa shape index (κ1) is 17.3. The number of anilines is 2. The molecule has 4 rings (SSSR count). The summed E-state index contributed by atoms with van der Waals surface area (Å²) in [4.78, 5) is 51.0. The minimum atomic E-state index is -1.05. The van der Waals surface area contributed by atoms with E-state index in [9.17, 15) is 39.6 Å². The fourth-order valence-corrected chi connectivity index (χ4v) is 3.50. The number of carbonyl (C=O) groups excluding carboxylic acids is 4. The lowest BCUT2D eigenvalue weighted by atomic mass is 9.89. The second kappa shape index (κ2) is 5.22. The predicted molar refractivity (Wildman–Crippen MR) is 94.0 cm³/mol. The third-order valence-electron chi connectivity index (χ3n) is 4.94. The van der Waals surface area contributed by atoms with Crippen LogP contribution in [0.1, 0.15) is 20.7 Å². The van der Waals surface area contributed by atoms with Crippen LogP contribution in [-0.2, 0) is 9.59 Å². The summed E-state index contributed by atoms with van der Waals surface area (Å²) >= 11 is 0. The number of likely N-dealkylation sites (N-methyl/N-ethyl adjacent to an activating group) is 2. The highest BCUT2D eigenvalue weighted by Gasteiger charge is 2.44. The Kier molecular flexibility index (Phi) is 3.23. The van der Waals surface area contributed by atoms with Crippen LogP contribution in [0.5, 0.6) is 23.0 Å². The number of Topliss-reactive ketones (excluding diaryl/α,β-unsaturated/α-hetero) is 2. The Bertz CT molecular complexity index is 1080. The molecule has 0 aromatic heterocycles. The van der Waals surface area contributed by atoms with E-state index in [-0.39, 0.29) is 22.5 Å². The van der Waals surface area contributed by atoms with E-state index in [2.05, 4.69) is 0 Å².